The molecule has 0 saturated carbocycles. The molecule has 0 spiro atoms. The fraction of sp³-hybridized carbons (Fsp3) is 0.333. The lowest BCUT2D eigenvalue weighted by Crippen LogP contribution is -2.22. The maximum absolute atomic E-state index is 12.9. The number of imidazole rings is 1. The molecule has 1 unspecified atom stereocenters. The lowest BCUT2D eigenvalue weighted by atomic mass is 10.0. The maximum Gasteiger partial charge on any atom is 0.235 e. The van der Waals surface area contributed by atoms with Gasteiger partial charge >= 0.3 is 0 Å². The van der Waals surface area contributed by atoms with Gasteiger partial charge in [-0.25, -0.2) is 18.5 Å². The largest absolute Gasteiger partial charge is 0.326 e. The number of hydrogen-bond donors (Lipinski definition) is 1. The molecule has 2 N–H and O–H groups in total. The van der Waals surface area contributed by atoms with Crippen molar-refractivity contribution >= 4 is 40.0 Å². The summed E-state index contributed by atoms with van der Waals surface area (Å²) in [5, 5.41) is 1.56. The third-order valence-electron chi connectivity index (χ3n) is 4.77. The van der Waals surface area contributed by atoms with E-state index in [1.807, 2.05) is 21.7 Å². The van der Waals surface area contributed by atoms with Gasteiger partial charge in [-0.15, -0.1) is 0 Å². The van der Waals surface area contributed by atoms with E-state index >= 15 is 0 Å². The van der Waals surface area contributed by atoms with Crippen LogP contribution in [0.1, 0.15) is 24.1 Å². The zero-order chi connectivity index (χ0) is 19.1. The van der Waals surface area contributed by atoms with Crippen molar-refractivity contribution in [3.05, 3.63) is 45.7 Å². The molecule has 1 aliphatic heterocycles. The van der Waals surface area contributed by atoms with Gasteiger partial charge in [-0.3, -0.25) is 4.40 Å². The van der Waals surface area contributed by atoms with E-state index in [-0.39, 0.29) is 0 Å². The molecule has 9 heteroatoms. The molecule has 0 aliphatic carbocycles. The molecule has 3 heterocycles. The summed E-state index contributed by atoms with van der Waals surface area (Å²) >= 11 is 12.5. The van der Waals surface area contributed by atoms with Crippen LogP contribution in [0, 0.1) is 6.92 Å². The first-order valence-corrected chi connectivity index (χ1v) is 10.6. The summed E-state index contributed by atoms with van der Waals surface area (Å²) in [6.07, 6.45) is 3.88. The fourth-order valence-corrected chi connectivity index (χ4v) is 5.12. The Morgan fingerprint density at radius 1 is 1.22 bits per heavy atom. The predicted molar refractivity (Wildman–Crippen MR) is 108 cm³/mol. The Kier molecular flexibility index (Phi) is 5.22. The monoisotopic (exact) mass is 423 g/mol. The average molecular weight is 424 g/mol. The van der Waals surface area contributed by atoms with Gasteiger partial charge in [0.05, 0.1) is 10.7 Å². The summed E-state index contributed by atoms with van der Waals surface area (Å²) in [5.74, 6) is 0.480. The highest BCUT2D eigenvalue weighted by molar-refractivity contribution is 7.82. The summed E-state index contributed by atoms with van der Waals surface area (Å²) in [4.78, 5) is 9.09. The van der Waals surface area contributed by atoms with Gasteiger partial charge < -0.3 is 5.73 Å². The van der Waals surface area contributed by atoms with Crippen molar-refractivity contribution in [1.82, 2.24) is 18.7 Å². The summed E-state index contributed by atoms with van der Waals surface area (Å²) in [5.41, 5.74) is 9.24. The molecule has 6 nitrogen and oxygen atoms in total. The first kappa shape index (κ1) is 18.8. The van der Waals surface area contributed by atoms with Crippen molar-refractivity contribution in [2.45, 2.75) is 31.3 Å². The van der Waals surface area contributed by atoms with Gasteiger partial charge in [-0.2, -0.15) is 0 Å². The highest BCUT2D eigenvalue weighted by atomic mass is 35.5. The van der Waals surface area contributed by atoms with E-state index < -0.39 is 11.0 Å². The van der Waals surface area contributed by atoms with E-state index in [0.717, 1.165) is 48.4 Å². The molecule has 0 amide bonds. The minimum absolute atomic E-state index is 0.297. The van der Waals surface area contributed by atoms with E-state index in [0.29, 0.717) is 27.4 Å². The Balaban J connectivity index is 1.93. The second-order valence-corrected chi connectivity index (χ2v) is 8.76. The quantitative estimate of drug-likeness (QED) is 0.695. The van der Waals surface area contributed by atoms with Crippen LogP contribution < -0.4 is 5.73 Å². The molecule has 1 saturated heterocycles. The Labute approximate surface area is 169 Å². The second kappa shape index (κ2) is 7.48. The van der Waals surface area contributed by atoms with Gasteiger partial charge in [-0.05, 0) is 38.0 Å². The van der Waals surface area contributed by atoms with Crippen LogP contribution in [-0.2, 0) is 17.5 Å². The van der Waals surface area contributed by atoms with Crippen molar-refractivity contribution in [2.24, 2.45) is 5.73 Å². The molecule has 3 aromatic rings. The van der Waals surface area contributed by atoms with E-state index in [9.17, 15) is 4.21 Å². The third-order valence-corrected chi connectivity index (χ3v) is 6.70. The van der Waals surface area contributed by atoms with Crippen molar-refractivity contribution in [1.29, 1.82) is 0 Å². The first-order chi connectivity index (χ1) is 13.0. The Morgan fingerprint density at radius 3 is 2.63 bits per heavy atom. The van der Waals surface area contributed by atoms with Crippen LogP contribution in [0.2, 0.25) is 10.0 Å². The van der Waals surface area contributed by atoms with Crippen LogP contribution in [0.25, 0.3) is 17.0 Å². The SMILES string of the molecule is Cc1nc2nc(S(=O)N3CCCC3)cn2c(-c2ccc(Cl)cc2Cl)c1CN. The molecule has 2 aromatic heterocycles. The molecular weight excluding hydrogens is 405 g/mol. The van der Waals surface area contributed by atoms with Crippen molar-refractivity contribution in [3.63, 3.8) is 0 Å². The molecule has 142 valence electrons. The van der Waals surface area contributed by atoms with Crippen molar-refractivity contribution < 1.29 is 4.21 Å². The summed E-state index contributed by atoms with van der Waals surface area (Å²) in [6, 6.07) is 5.33. The third kappa shape index (κ3) is 3.39. The van der Waals surface area contributed by atoms with Crippen molar-refractivity contribution in [2.75, 3.05) is 13.1 Å². The van der Waals surface area contributed by atoms with Crippen LogP contribution in [0.5, 0.6) is 0 Å². The van der Waals surface area contributed by atoms with E-state index in [1.165, 1.54) is 0 Å². The number of benzene rings is 1. The summed E-state index contributed by atoms with van der Waals surface area (Å²) < 4.78 is 16.6. The second-order valence-electron chi connectivity index (χ2n) is 6.49. The topological polar surface area (TPSA) is 76.5 Å². The predicted octanol–water partition coefficient (Wildman–Crippen LogP) is 3.59. The number of nitrogens with zero attached hydrogens (tertiary/aromatic N) is 4. The van der Waals surface area contributed by atoms with Gasteiger partial charge in [0.1, 0.15) is 11.0 Å². The highest BCUT2D eigenvalue weighted by Gasteiger charge is 2.24. The number of fused-ring (bicyclic) bond motifs is 1. The smallest absolute Gasteiger partial charge is 0.235 e. The van der Waals surface area contributed by atoms with E-state index in [2.05, 4.69) is 9.97 Å². The molecule has 0 bridgehead atoms. The molecule has 4 rings (SSSR count). The number of aryl methyl sites for hydroxylation is 1. The molecule has 0 radical (unpaired) electrons. The highest BCUT2D eigenvalue weighted by Crippen LogP contribution is 2.34. The first-order valence-electron chi connectivity index (χ1n) is 8.70. The Hall–Kier alpha value is -1.51. The number of nitrogens with two attached hydrogens (primary N) is 1. The van der Waals surface area contributed by atoms with E-state index in [1.54, 1.807) is 18.3 Å². The van der Waals surface area contributed by atoms with Gasteiger partial charge in [0.25, 0.3) is 0 Å². The van der Waals surface area contributed by atoms with Crippen LogP contribution >= 0.6 is 23.2 Å². The van der Waals surface area contributed by atoms with Gasteiger partial charge in [0.15, 0.2) is 5.03 Å². The molecule has 1 atom stereocenters. The molecule has 27 heavy (non-hydrogen) atoms. The van der Waals surface area contributed by atoms with Crippen molar-refractivity contribution in [3.8, 4) is 11.3 Å². The van der Waals surface area contributed by atoms with Gasteiger partial charge in [0, 0.05) is 47.7 Å². The number of hydrogen-bond acceptors (Lipinski definition) is 4. The van der Waals surface area contributed by atoms with Crippen LogP contribution in [0.4, 0.5) is 0 Å². The van der Waals surface area contributed by atoms with Crippen LogP contribution in [0.15, 0.2) is 29.4 Å². The van der Waals surface area contributed by atoms with Gasteiger partial charge in [0.2, 0.25) is 5.78 Å². The zero-order valence-electron chi connectivity index (χ0n) is 14.8. The standard InChI is InChI=1S/C18H19Cl2N5OS/c1-11-14(9-21)17(13-5-4-12(19)8-15(13)20)25-10-16(23-18(25)22-11)27(26)24-6-2-3-7-24/h4-5,8,10H,2-3,6-7,9,21H2,1H3. The molecule has 1 fully saturated rings. The molecule has 1 aliphatic rings. The summed E-state index contributed by atoms with van der Waals surface area (Å²) in [6.45, 7) is 3.82. The maximum atomic E-state index is 12.9. The number of aromatic nitrogens is 3. The molecule has 1 aromatic carbocycles. The Bertz CT molecular complexity index is 1050. The lowest BCUT2D eigenvalue weighted by Gasteiger charge is -2.14. The normalized spacial score (nSPS) is 16.3. The van der Waals surface area contributed by atoms with Crippen LogP contribution in [0.3, 0.4) is 0 Å². The minimum atomic E-state index is -1.30. The lowest BCUT2D eigenvalue weighted by molar-refractivity contribution is 0.534. The van der Waals surface area contributed by atoms with Gasteiger partial charge in [-0.1, -0.05) is 23.2 Å². The minimum Gasteiger partial charge on any atom is -0.326 e. The summed E-state index contributed by atoms with van der Waals surface area (Å²) in [7, 11) is -1.30. The fourth-order valence-electron chi connectivity index (χ4n) is 3.42. The Morgan fingerprint density at radius 2 is 1.96 bits per heavy atom. The van der Waals surface area contributed by atoms with E-state index in [4.69, 9.17) is 28.9 Å². The zero-order valence-corrected chi connectivity index (χ0v) is 17.1. The number of rotatable bonds is 4. The van der Waals surface area contributed by atoms with Crippen LogP contribution in [-0.4, -0.2) is 36.0 Å². The average Bonchev–Trinajstić information content (AvgIpc) is 3.30. The molecular formula is C18H19Cl2N5OS. The number of halogens is 2.